The quantitative estimate of drug-likeness (QED) is 0.280. The third kappa shape index (κ3) is 7.03. The Balaban J connectivity index is 0.00000312. The van der Waals surface area contributed by atoms with E-state index < -0.39 is 0 Å². The van der Waals surface area contributed by atoms with Crippen LogP contribution in [0.4, 0.5) is 0 Å². The van der Waals surface area contributed by atoms with Crippen molar-refractivity contribution in [3.05, 3.63) is 59.2 Å². The van der Waals surface area contributed by atoms with Gasteiger partial charge in [-0.15, -0.1) is 40.8 Å². The Morgan fingerprint density at radius 3 is 2.80 bits per heavy atom. The molecule has 1 aromatic heterocycles. The SMILES string of the molecule is C=CCNC(=NCc1nnc(C)n1C)NCCc1cccc(Cl)c1.I. The molecule has 1 aromatic carbocycles. The molecule has 0 radical (unpaired) electrons. The van der Waals surface area contributed by atoms with Gasteiger partial charge in [-0.1, -0.05) is 29.8 Å². The summed E-state index contributed by atoms with van der Waals surface area (Å²) in [7, 11) is 1.93. The zero-order chi connectivity index (χ0) is 17.4. The molecule has 8 heteroatoms. The average Bonchev–Trinajstić information content (AvgIpc) is 2.89. The lowest BCUT2D eigenvalue weighted by molar-refractivity contribution is 0.757. The van der Waals surface area contributed by atoms with Gasteiger partial charge in [0.15, 0.2) is 11.8 Å². The van der Waals surface area contributed by atoms with Gasteiger partial charge in [-0.05, 0) is 31.0 Å². The Morgan fingerprint density at radius 1 is 1.36 bits per heavy atom. The fourth-order valence-corrected chi connectivity index (χ4v) is 2.31. The summed E-state index contributed by atoms with van der Waals surface area (Å²) in [6.07, 6.45) is 2.65. The number of aromatic nitrogens is 3. The predicted molar refractivity (Wildman–Crippen MR) is 114 cm³/mol. The van der Waals surface area contributed by atoms with Crippen LogP contribution in [0.2, 0.25) is 5.02 Å². The Bertz CT molecular complexity index is 713. The van der Waals surface area contributed by atoms with Crippen molar-refractivity contribution >= 4 is 41.5 Å². The largest absolute Gasteiger partial charge is 0.356 e. The molecule has 0 spiro atoms. The Hall–Kier alpha value is -1.61. The number of aliphatic imine (C=N–C) groups is 1. The molecule has 0 saturated carbocycles. The van der Waals surface area contributed by atoms with Gasteiger partial charge in [-0.2, -0.15) is 0 Å². The molecule has 25 heavy (non-hydrogen) atoms. The lowest BCUT2D eigenvalue weighted by atomic mass is 10.1. The maximum Gasteiger partial charge on any atom is 0.191 e. The number of benzene rings is 1. The molecule has 1 heterocycles. The van der Waals surface area contributed by atoms with E-state index in [0.29, 0.717) is 13.1 Å². The van der Waals surface area contributed by atoms with Gasteiger partial charge in [-0.3, -0.25) is 0 Å². The lowest BCUT2D eigenvalue weighted by Crippen LogP contribution is -2.38. The molecule has 2 aromatic rings. The second-order valence-electron chi connectivity index (χ2n) is 5.36. The van der Waals surface area contributed by atoms with Crippen molar-refractivity contribution in [1.29, 1.82) is 0 Å². The van der Waals surface area contributed by atoms with Crippen LogP contribution in [0.1, 0.15) is 17.2 Å². The van der Waals surface area contributed by atoms with Crippen LogP contribution in [0.3, 0.4) is 0 Å². The molecule has 0 bridgehead atoms. The third-order valence-electron chi connectivity index (χ3n) is 3.57. The molecule has 2 N–H and O–H groups in total. The summed E-state index contributed by atoms with van der Waals surface area (Å²) in [5.41, 5.74) is 1.18. The van der Waals surface area contributed by atoms with E-state index in [1.807, 2.05) is 36.7 Å². The number of hydrogen-bond donors (Lipinski definition) is 2. The first-order chi connectivity index (χ1) is 11.6. The van der Waals surface area contributed by atoms with E-state index in [4.69, 9.17) is 11.6 Å². The van der Waals surface area contributed by atoms with E-state index in [-0.39, 0.29) is 24.0 Å². The second kappa shape index (κ2) is 11.1. The summed E-state index contributed by atoms with van der Waals surface area (Å²) in [4.78, 5) is 4.55. The van der Waals surface area contributed by atoms with Crippen LogP contribution in [0.5, 0.6) is 0 Å². The minimum Gasteiger partial charge on any atom is -0.356 e. The molecule has 6 nitrogen and oxygen atoms in total. The van der Waals surface area contributed by atoms with Gasteiger partial charge < -0.3 is 15.2 Å². The van der Waals surface area contributed by atoms with Crippen molar-refractivity contribution in [3.63, 3.8) is 0 Å². The van der Waals surface area contributed by atoms with Gasteiger partial charge in [0, 0.05) is 25.2 Å². The molecular formula is C17H24ClIN6. The highest BCUT2D eigenvalue weighted by atomic mass is 127. The summed E-state index contributed by atoms with van der Waals surface area (Å²) in [5, 5.41) is 15.4. The molecule has 0 fully saturated rings. The van der Waals surface area contributed by atoms with Crippen molar-refractivity contribution in [3.8, 4) is 0 Å². The predicted octanol–water partition coefficient (Wildman–Crippen LogP) is 2.86. The average molecular weight is 475 g/mol. The minimum atomic E-state index is 0. The summed E-state index contributed by atoms with van der Waals surface area (Å²) in [5.74, 6) is 2.41. The van der Waals surface area contributed by atoms with E-state index in [1.165, 1.54) is 5.56 Å². The van der Waals surface area contributed by atoms with Crippen LogP contribution in [0.15, 0.2) is 41.9 Å². The van der Waals surface area contributed by atoms with Crippen LogP contribution in [0.25, 0.3) is 0 Å². The number of guanidine groups is 1. The van der Waals surface area contributed by atoms with Gasteiger partial charge in [0.05, 0.1) is 0 Å². The zero-order valence-corrected chi connectivity index (χ0v) is 17.6. The molecule has 0 saturated heterocycles. The number of nitrogens with one attached hydrogen (secondary N) is 2. The van der Waals surface area contributed by atoms with Crippen LogP contribution < -0.4 is 10.6 Å². The molecule has 0 aliphatic heterocycles. The monoisotopic (exact) mass is 474 g/mol. The first-order valence-corrected chi connectivity index (χ1v) is 8.20. The van der Waals surface area contributed by atoms with Crippen LogP contribution in [-0.2, 0) is 20.0 Å². The highest BCUT2D eigenvalue weighted by Gasteiger charge is 2.05. The zero-order valence-electron chi connectivity index (χ0n) is 14.5. The normalized spacial score (nSPS) is 10.9. The van der Waals surface area contributed by atoms with Crippen molar-refractivity contribution in [2.45, 2.75) is 19.9 Å². The molecular weight excluding hydrogens is 451 g/mol. The van der Waals surface area contributed by atoms with Gasteiger partial charge in [0.1, 0.15) is 12.4 Å². The maximum atomic E-state index is 6.01. The van der Waals surface area contributed by atoms with Crippen molar-refractivity contribution in [1.82, 2.24) is 25.4 Å². The number of nitrogens with zero attached hydrogens (tertiary/aromatic N) is 4. The van der Waals surface area contributed by atoms with E-state index in [0.717, 1.165) is 35.6 Å². The second-order valence-corrected chi connectivity index (χ2v) is 5.80. The first-order valence-electron chi connectivity index (χ1n) is 7.82. The van der Waals surface area contributed by atoms with Gasteiger partial charge in [-0.25, -0.2) is 4.99 Å². The lowest BCUT2D eigenvalue weighted by Gasteiger charge is -2.11. The maximum absolute atomic E-state index is 6.01. The summed E-state index contributed by atoms with van der Waals surface area (Å²) in [6.45, 7) is 7.49. The molecule has 0 atom stereocenters. The van der Waals surface area contributed by atoms with Crippen LogP contribution in [-0.4, -0.2) is 33.8 Å². The van der Waals surface area contributed by atoms with Crippen LogP contribution >= 0.6 is 35.6 Å². The third-order valence-corrected chi connectivity index (χ3v) is 3.81. The van der Waals surface area contributed by atoms with Crippen LogP contribution in [0, 0.1) is 6.92 Å². The molecule has 136 valence electrons. The standard InChI is InChI=1S/C17H23ClN6.HI/c1-4-9-19-17(21-12-16-23-22-13(2)24(16)3)20-10-8-14-6-5-7-15(18)11-14;/h4-7,11H,1,8-10,12H2,2-3H3,(H2,19,20,21);1H. The molecule has 0 amide bonds. The van der Waals surface area contributed by atoms with E-state index in [1.54, 1.807) is 6.08 Å². The fraction of sp³-hybridized carbons (Fsp3) is 0.353. The van der Waals surface area contributed by atoms with Crippen molar-refractivity contribution in [2.24, 2.45) is 12.0 Å². The number of halogens is 2. The topological polar surface area (TPSA) is 67.1 Å². The number of hydrogen-bond acceptors (Lipinski definition) is 3. The van der Waals surface area contributed by atoms with E-state index in [2.05, 4.69) is 38.5 Å². The highest BCUT2D eigenvalue weighted by molar-refractivity contribution is 14.0. The summed E-state index contributed by atoms with van der Waals surface area (Å²) in [6, 6.07) is 7.86. The summed E-state index contributed by atoms with van der Waals surface area (Å²) >= 11 is 6.01. The van der Waals surface area contributed by atoms with Gasteiger partial charge >= 0.3 is 0 Å². The Morgan fingerprint density at radius 2 is 2.16 bits per heavy atom. The Kier molecular flexibility index (Phi) is 9.51. The van der Waals surface area contributed by atoms with E-state index in [9.17, 15) is 0 Å². The fourth-order valence-electron chi connectivity index (χ4n) is 2.10. The van der Waals surface area contributed by atoms with E-state index >= 15 is 0 Å². The number of aryl methyl sites for hydroxylation is 1. The Labute approximate surface area is 170 Å². The summed E-state index contributed by atoms with van der Waals surface area (Å²) < 4.78 is 1.93. The smallest absolute Gasteiger partial charge is 0.191 e. The molecule has 0 aliphatic carbocycles. The number of rotatable bonds is 7. The first kappa shape index (κ1) is 21.4. The van der Waals surface area contributed by atoms with Crippen molar-refractivity contribution in [2.75, 3.05) is 13.1 Å². The van der Waals surface area contributed by atoms with Crippen molar-refractivity contribution < 1.29 is 0 Å². The molecule has 0 unspecified atom stereocenters. The highest BCUT2D eigenvalue weighted by Crippen LogP contribution is 2.10. The van der Waals surface area contributed by atoms with Gasteiger partial charge in [0.25, 0.3) is 0 Å². The van der Waals surface area contributed by atoms with Gasteiger partial charge in [0.2, 0.25) is 0 Å². The molecule has 2 rings (SSSR count). The molecule has 0 aliphatic rings. The minimum absolute atomic E-state index is 0.